The van der Waals surface area contributed by atoms with E-state index < -0.39 is 0 Å². The van der Waals surface area contributed by atoms with Gasteiger partial charge in [0.15, 0.2) is 0 Å². The van der Waals surface area contributed by atoms with Crippen molar-refractivity contribution in [3.8, 4) is 0 Å². The summed E-state index contributed by atoms with van der Waals surface area (Å²) in [6.45, 7) is 3.02. The van der Waals surface area contributed by atoms with Gasteiger partial charge in [-0.3, -0.25) is 0 Å². The topological polar surface area (TPSA) is 32.3 Å². The maximum Gasteiger partial charge on any atom is 0.0584 e. The number of aliphatic hydroxyl groups is 1. The number of allylic oxidation sites excluding steroid dienone is 1. The minimum Gasteiger partial charge on any atom is -0.395 e. The molecule has 0 radical (unpaired) electrons. The fourth-order valence-electron chi connectivity index (χ4n) is 0.719. The highest BCUT2D eigenvalue weighted by atomic mass is 35.5. The van der Waals surface area contributed by atoms with Gasteiger partial charge < -0.3 is 10.4 Å². The Bertz CT molecular complexity index is 102. The second-order valence-corrected chi connectivity index (χ2v) is 2.63. The molecule has 0 heterocycles. The van der Waals surface area contributed by atoms with Gasteiger partial charge in [0.25, 0.3) is 0 Å². The molecule has 0 aliphatic rings. The molecule has 2 N–H and O–H groups in total. The molecule has 0 rings (SSSR count). The van der Waals surface area contributed by atoms with Crippen molar-refractivity contribution < 1.29 is 5.11 Å². The summed E-state index contributed by atoms with van der Waals surface area (Å²) in [5, 5.41) is 11.9. The Morgan fingerprint density at radius 1 is 1.55 bits per heavy atom. The Morgan fingerprint density at radius 3 is 2.73 bits per heavy atom. The first-order chi connectivity index (χ1) is 5.35. The van der Waals surface area contributed by atoms with Gasteiger partial charge in [-0.1, -0.05) is 19.1 Å². The molecule has 0 aromatic rings. The van der Waals surface area contributed by atoms with Gasteiger partial charge in [0, 0.05) is 18.5 Å². The second-order valence-electron chi connectivity index (χ2n) is 2.32. The average molecular weight is 178 g/mol. The van der Waals surface area contributed by atoms with E-state index >= 15 is 0 Å². The molecule has 0 spiro atoms. The van der Waals surface area contributed by atoms with E-state index in [-0.39, 0.29) is 12.6 Å². The summed E-state index contributed by atoms with van der Waals surface area (Å²) < 4.78 is 0. The van der Waals surface area contributed by atoms with E-state index in [1.54, 1.807) is 0 Å². The number of nitrogens with one attached hydrogen (secondary N) is 1. The SMILES string of the molecule is CCC(CO)NC/C=C/CCl. The zero-order valence-corrected chi connectivity index (χ0v) is 7.64. The molecule has 0 fully saturated rings. The van der Waals surface area contributed by atoms with Crippen LogP contribution in [0.1, 0.15) is 13.3 Å². The molecule has 1 atom stereocenters. The maximum atomic E-state index is 8.77. The van der Waals surface area contributed by atoms with Crippen LogP contribution in [0.3, 0.4) is 0 Å². The van der Waals surface area contributed by atoms with Crippen LogP contribution in [0.5, 0.6) is 0 Å². The highest BCUT2D eigenvalue weighted by Crippen LogP contribution is 1.87. The summed E-state index contributed by atoms with van der Waals surface area (Å²) in [4.78, 5) is 0. The minimum absolute atomic E-state index is 0.200. The number of halogens is 1. The molecule has 11 heavy (non-hydrogen) atoms. The molecule has 0 aliphatic heterocycles. The third-order valence-electron chi connectivity index (χ3n) is 1.49. The van der Waals surface area contributed by atoms with Gasteiger partial charge in [0.1, 0.15) is 0 Å². The largest absolute Gasteiger partial charge is 0.395 e. The Balaban J connectivity index is 3.27. The van der Waals surface area contributed by atoms with Crippen LogP contribution in [-0.4, -0.2) is 30.2 Å². The van der Waals surface area contributed by atoms with Crippen molar-refractivity contribution in [2.75, 3.05) is 19.0 Å². The van der Waals surface area contributed by atoms with E-state index in [1.165, 1.54) is 0 Å². The second kappa shape index (κ2) is 8.05. The van der Waals surface area contributed by atoms with Crippen LogP contribution >= 0.6 is 11.6 Å². The highest BCUT2D eigenvalue weighted by molar-refractivity contribution is 6.18. The van der Waals surface area contributed by atoms with Gasteiger partial charge in [-0.2, -0.15) is 0 Å². The van der Waals surface area contributed by atoms with E-state index in [0.717, 1.165) is 13.0 Å². The number of aliphatic hydroxyl groups excluding tert-OH is 1. The van der Waals surface area contributed by atoms with Gasteiger partial charge in [0.05, 0.1) is 6.61 Å². The molecule has 0 aromatic heterocycles. The Hall–Kier alpha value is -0.0500. The lowest BCUT2D eigenvalue weighted by Crippen LogP contribution is -2.31. The molecular formula is C8H16ClNO. The van der Waals surface area contributed by atoms with Crippen LogP contribution in [0.15, 0.2) is 12.2 Å². The Labute approximate surface area is 73.3 Å². The summed E-state index contributed by atoms with van der Waals surface area (Å²) in [6, 6.07) is 0.218. The fraction of sp³-hybridized carbons (Fsp3) is 0.750. The average Bonchev–Trinajstić information content (AvgIpc) is 2.05. The smallest absolute Gasteiger partial charge is 0.0584 e. The molecule has 0 aromatic carbocycles. The monoisotopic (exact) mass is 177 g/mol. The summed E-state index contributed by atoms with van der Waals surface area (Å²) in [6.07, 6.45) is 4.80. The van der Waals surface area contributed by atoms with Crippen molar-refractivity contribution in [2.45, 2.75) is 19.4 Å². The van der Waals surface area contributed by atoms with E-state index in [4.69, 9.17) is 16.7 Å². The molecule has 0 aliphatic carbocycles. The maximum absolute atomic E-state index is 8.77. The van der Waals surface area contributed by atoms with Crippen molar-refractivity contribution in [3.05, 3.63) is 12.2 Å². The van der Waals surface area contributed by atoms with Gasteiger partial charge >= 0.3 is 0 Å². The summed E-state index contributed by atoms with van der Waals surface area (Å²) in [7, 11) is 0. The van der Waals surface area contributed by atoms with Crippen molar-refractivity contribution in [1.82, 2.24) is 5.32 Å². The van der Waals surface area contributed by atoms with Gasteiger partial charge in [0.2, 0.25) is 0 Å². The Morgan fingerprint density at radius 2 is 2.27 bits per heavy atom. The molecular weight excluding hydrogens is 162 g/mol. The summed E-state index contributed by atoms with van der Waals surface area (Å²) in [5.41, 5.74) is 0. The predicted molar refractivity (Wildman–Crippen MR) is 49.0 cm³/mol. The predicted octanol–water partition coefficient (Wildman–Crippen LogP) is 1.14. The number of alkyl halides is 1. The first-order valence-corrected chi connectivity index (χ1v) is 4.43. The van der Waals surface area contributed by atoms with Crippen LogP contribution < -0.4 is 5.32 Å². The van der Waals surface area contributed by atoms with Crippen LogP contribution in [0.25, 0.3) is 0 Å². The van der Waals surface area contributed by atoms with Gasteiger partial charge in [-0.05, 0) is 6.42 Å². The molecule has 0 amide bonds. The first kappa shape index (κ1) is 11.0. The molecule has 66 valence electrons. The zero-order valence-electron chi connectivity index (χ0n) is 6.89. The van der Waals surface area contributed by atoms with Gasteiger partial charge in [-0.15, -0.1) is 11.6 Å². The minimum atomic E-state index is 0.200. The van der Waals surface area contributed by atoms with Crippen LogP contribution in [0, 0.1) is 0 Å². The number of hydrogen-bond donors (Lipinski definition) is 2. The van der Waals surface area contributed by atoms with E-state index in [0.29, 0.717) is 5.88 Å². The number of hydrogen-bond acceptors (Lipinski definition) is 2. The lowest BCUT2D eigenvalue weighted by atomic mass is 10.2. The quantitative estimate of drug-likeness (QED) is 0.471. The van der Waals surface area contributed by atoms with E-state index in [2.05, 4.69) is 5.32 Å². The third-order valence-corrected chi connectivity index (χ3v) is 1.67. The van der Waals surface area contributed by atoms with Crippen LogP contribution in [0.2, 0.25) is 0 Å². The van der Waals surface area contributed by atoms with Crippen molar-refractivity contribution in [2.24, 2.45) is 0 Å². The molecule has 0 saturated heterocycles. The standard InChI is InChI=1S/C8H16ClNO/c1-2-8(7-11)10-6-4-3-5-9/h3-4,8,10-11H,2,5-7H2,1H3/b4-3+. The molecule has 0 bridgehead atoms. The molecule has 3 heteroatoms. The fourth-order valence-corrected chi connectivity index (χ4v) is 0.845. The lowest BCUT2D eigenvalue weighted by Gasteiger charge is -2.11. The lowest BCUT2D eigenvalue weighted by molar-refractivity contribution is 0.242. The number of rotatable bonds is 6. The molecule has 2 nitrogen and oxygen atoms in total. The normalized spacial score (nSPS) is 14.1. The Kier molecular flexibility index (Phi) is 8.01. The van der Waals surface area contributed by atoms with E-state index in [1.807, 2.05) is 19.1 Å². The molecule has 1 unspecified atom stereocenters. The van der Waals surface area contributed by atoms with Gasteiger partial charge in [-0.25, -0.2) is 0 Å². The summed E-state index contributed by atoms with van der Waals surface area (Å²) in [5.74, 6) is 0.553. The first-order valence-electron chi connectivity index (χ1n) is 3.90. The van der Waals surface area contributed by atoms with Crippen molar-refractivity contribution >= 4 is 11.6 Å². The van der Waals surface area contributed by atoms with E-state index in [9.17, 15) is 0 Å². The van der Waals surface area contributed by atoms with Crippen LogP contribution in [0.4, 0.5) is 0 Å². The third kappa shape index (κ3) is 6.35. The van der Waals surface area contributed by atoms with Crippen molar-refractivity contribution in [1.29, 1.82) is 0 Å². The van der Waals surface area contributed by atoms with Crippen LogP contribution in [-0.2, 0) is 0 Å². The highest BCUT2D eigenvalue weighted by Gasteiger charge is 1.99. The molecule has 0 saturated carbocycles. The zero-order chi connectivity index (χ0) is 8.53. The van der Waals surface area contributed by atoms with Crippen molar-refractivity contribution in [3.63, 3.8) is 0 Å². The summed E-state index contributed by atoms with van der Waals surface area (Å²) >= 11 is 5.42.